The molecule has 0 radical (unpaired) electrons. The van der Waals surface area contributed by atoms with Crippen molar-refractivity contribution in [2.75, 3.05) is 26.7 Å². The van der Waals surface area contributed by atoms with E-state index in [1.165, 1.54) is 10.4 Å². The fourth-order valence-electron chi connectivity index (χ4n) is 3.39. The van der Waals surface area contributed by atoms with Gasteiger partial charge in [0.2, 0.25) is 15.9 Å². The van der Waals surface area contributed by atoms with Crippen LogP contribution in [0.2, 0.25) is 0 Å². The second-order valence-electron chi connectivity index (χ2n) is 8.45. The van der Waals surface area contributed by atoms with E-state index in [1.807, 2.05) is 20.8 Å². The minimum Gasteiger partial charge on any atom is -0.487 e. The van der Waals surface area contributed by atoms with Crippen molar-refractivity contribution in [2.24, 2.45) is 11.8 Å². The van der Waals surface area contributed by atoms with E-state index in [9.17, 15) is 18.3 Å². The summed E-state index contributed by atoms with van der Waals surface area (Å²) in [6, 6.07) is 4.25. The third-order valence-electron chi connectivity index (χ3n) is 5.35. The molecule has 7 nitrogen and oxygen atoms in total. The van der Waals surface area contributed by atoms with E-state index >= 15 is 0 Å². The lowest BCUT2D eigenvalue weighted by atomic mass is 10.0. The van der Waals surface area contributed by atoms with Crippen LogP contribution in [0.5, 0.6) is 5.75 Å². The number of rotatable bonds is 5. The van der Waals surface area contributed by atoms with E-state index in [0.717, 1.165) is 0 Å². The number of carbonyl (C=O) groups is 1. The highest BCUT2D eigenvalue weighted by molar-refractivity contribution is 7.89. The van der Waals surface area contributed by atoms with Crippen LogP contribution < -0.4 is 4.74 Å². The third kappa shape index (κ3) is 6.00. The van der Waals surface area contributed by atoms with Crippen LogP contribution in [0.4, 0.5) is 0 Å². The average Bonchev–Trinajstić information content (AvgIpc) is 2.73. The molecular formula is C23H34N2O5S. The molecule has 0 unspecified atom stereocenters. The number of hydrogen-bond donors (Lipinski definition) is 1. The van der Waals surface area contributed by atoms with Gasteiger partial charge in [-0.1, -0.05) is 39.5 Å². The Bertz CT molecular complexity index is 948. The van der Waals surface area contributed by atoms with Crippen LogP contribution in [0.3, 0.4) is 0 Å². The van der Waals surface area contributed by atoms with Crippen molar-refractivity contribution in [2.45, 2.75) is 58.1 Å². The van der Waals surface area contributed by atoms with Gasteiger partial charge in [0.25, 0.3) is 0 Å². The number of ether oxygens (including phenoxy) is 1. The first-order valence-electron chi connectivity index (χ1n) is 10.7. The van der Waals surface area contributed by atoms with Crippen LogP contribution in [0.25, 0.3) is 0 Å². The highest BCUT2D eigenvalue weighted by Gasteiger charge is 2.38. The molecule has 1 aliphatic heterocycles. The molecule has 2 rings (SSSR count). The van der Waals surface area contributed by atoms with Crippen molar-refractivity contribution in [3.8, 4) is 17.6 Å². The molecular weight excluding hydrogens is 416 g/mol. The molecule has 8 heteroatoms. The number of nitrogens with zero attached hydrogens (tertiary/aromatic N) is 2. The Morgan fingerprint density at radius 1 is 1.35 bits per heavy atom. The Morgan fingerprint density at radius 2 is 2.03 bits per heavy atom. The Hall–Kier alpha value is -2.08. The van der Waals surface area contributed by atoms with E-state index in [2.05, 4.69) is 11.8 Å². The summed E-state index contributed by atoms with van der Waals surface area (Å²) in [4.78, 5) is 13.8. The topological polar surface area (TPSA) is 87.2 Å². The quantitative estimate of drug-likeness (QED) is 0.696. The first-order valence-corrected chi connectivity index (χ1v) is 12.1. The number of hydrogen-bond acceptors (Lipinski definition) is 5. The number of aliphatic hydroxyl groups excluding tert-OH is 1. The largest absolute Gasteiger partial charge is 0.487 e. The van der Waals surface area contributed by atoms with Gasteiger partial charge in [-0.2, -0.15) is 4.31 Å². The van der Waals surface area contributed by atoms with Crippen LogP contribution in [-0.4, -0.2) is 67.5 Å². The molecule has 172 valence electrons. The van der Waals surface area contributed by atoms with Crippen LogP contribution >= 0.6 is 0 Å². The average molecular weight is 451 g/mol. The summed E-state index contributed by atoms with van der Waals surface area (Å²) in [7, 11) is -2.17. The zero-order chi connectivity index (χ0) is 23.3. The van der Waals surface area contributed by atoms with E-state index in [4.69, 9.17) is 4.74 Å². The predicted octanol–water partition coefficient (Wildman–Crippen LogP) is 2.33. The summed E-state index contributed by atoms with van der Waals surface area (Å²) in [6.45, 7) is 9.55. The summed E-state index contributed by atoms with van der Waals surface area (Å²) in [6.07, 6.45) is -0.0398. The molecule has 0 bridgehead atoms. The van der Waals surface area contributed by atoms with Gasteiger partial charge < -0.3 is 14.7 Å². The van der Waals surface area contributed by atoms with E-state index in [-0.39, 0.29) is 41.5 Å². The molecule has 1 aliphatic rings. The molecule has 31 heavy (non-hydrogen) atoms. The number of aliphatic hydroxyl groups is 1. The molecule has 1 N–H and O–H groups in total. The lowest BCUT2D eigenvalue weighted by molar-refractivity contribution is -0.131. The molecule has 3 atom stereocenters. The number of carbonyl (C=O) groups excluding carboxylic acids is 1. The maximum absolute atomic E-state index is 13.4. The number of amides is 1. The number of fused-ring (bicyclic) bond motifs is 1. The molecule has 0 saturated carbocycles. The molecule has 0 aliphatic carbocycles. The van der Waals surface area contributed by atoms with Gasteiger partial charge in [-0.05, 0) is 25.1 Å². The monoisotopic (exact) mass is 450 g/mol. The first-order chi connectivity index (χ1) is 14.5. The van der Waals surface area contributed by atoms with Crippen molar-refractivity contribution in [1.29, 1.82) is 0 Å². The lowest BCUT2D eigenvalue weighted by Crippen LogP contribution is -2.50. The summed E-state index contributed by atoms with van der Waals surface area (Å²) < 4.78 is 34.4. The van der Waals surface area contributed by atoms with Crippen LogP contribution in [0.1, 0.15) is 46.6 Å². The Labute approximate surface area is 186 Å². The summed E-state index contributed by atoms with van der Waals surface area (Å²) in [5, 5.41) is 9.69. The second-order valence-corrected chi connectivity index (χ2v) is 10.3. The molecule has 0 saturated heterocycles. The van der Waals surface area contributed by atoms with Gasteiger partial charge in [0.15, 0.2) is 0 Å². The molecule has 1 aromatic carbocycles. The van der Waals surface area contributed by atoms with Crippen molar-refractivity contribution in [3.63, 3.8) is 0 Å². The fraction of sp³-hybridized carbons (Fsp3) is 0.609. The number of sulfonamides is 1. The van der Waals surface area contributed by atoms with Crippen molar-refractivity contribution >= 4 is 15.9 Å². The second kappa shape index (κ2) is 10.5. The summed E-state index contributed by atoms with van der Waals surface area (Å²) in [5.41, 5.74) is 0.661. The van der Waals surface area contributed by atoms with Gasteiger partial charge >= 0.3 is 0 Å². The standard InChI is InChI=1S/C23H34N2O5S/c1-7-23(27)24(6)14-21-17(4)13-25(18(5)15-26)31(28,29)22-11-10-19(9-8-16(2)3)12-20(22)30-21/h10-12,16-18,21,26H,7,13-15H2,1-6H3/t17-,18+,21-/m1/s1. The first kappa shape index (κ1) is 25.2. The maximum Gasteiger partial charge on any atom is 0.247 e. The SMILES string of the molecule is CCC(=O)N(C)C[C@H]1Oc2cc(C#CC(C)C)ccc2S(=O)(=O)N([C@@H](C)CO)C[C@H]1C. The van der Waals surface area contributed by atoms with Crippen molar-refractivity contribution in [3.05, 3.63) is 23.8 Å². The highest BCUT2D eigenvalue weighted by atomic mass is 32.2. The fourth-order valence-corrected chi connectivity index (χ4v) is 5.22. The van der Waals surface area contributed by atoms with Crippen LogP contribution in [-0.2, 0) is 14.8 Å². The van der Waals surface area contributed by atoms with E-state index in [1.54, 1.807) is 37.9 Å². The highest BCUT2D eigenvalue weighted by Crippen LogP contribution is 2.34. The third-order valence-corrected chi connectivity index (χ3v) is 7.37. The zero-order valence-electron chi connectivity index (χ0n) is 19.3. The van der Waals surface area contributed by atoms with Gasteiger partial charge in [0.1, 0.15) is 16.7 Å². The van der Waals surface area contributed by atoms with Gasteiger partial charge in [-0.15, -0.1) is 0 Å². The van der Waals surface area contributed by atoms with Gasteiger partial charge in [0, 0.05) is 43.5 Å². The molecule has 0 fully saturated rings. The van der Waals surface area contributed by atoms with E-state index in [0.29, 0.717) is 18.5 Å². The van der Waals surface area contributed by atoms with Gasteiger partial charge in [-0.3, -0.25) is 4.79 Å². The minimum absolute atomic E-state index is 0.0113. The summed E-state index contributed by atoms with van der Waals surface area (Å²) >= 11 is 0. The minimum atomic E-state index is -3.89. The van der Waals surface area contributed by atoms with E-state index < -0.39 is 22.2 Å². The predicted molar refractivity (Wildman–Crippen MR) is 120 cm³/mol. The van der Waals surface area contributed by atoms with Gasteiger partial charge in [-0.25, -0.2) is 8.42 Å². The Morgan fingerprint density at radius 3 is 2.61 bits per heavy atom. The smallest absolute Gasteiger partial charge is 0.247 e. The molecule has 0 spiro atoms. The van der Waals surface area contributed by atoms with Crippen molar-refractivity contribution < 1.29 is 23.1 Å². The Balaban J connectivity index is 2.58. The molecule has 1 aromatic rings. The van der Waals surface area contributed by atoms with Crippen LogP contribution in [0, 0.1) is 23.7 Å². The van der Waals surface area contributed by atoms with Gasteiger partial charge in [0.05, 0.1) is 13.2 Å². The summed E-state index contributed by atoms with van der Waals surface area (Å²) in [5.74, 6) is 6.30. The number of likely N-dealkylation sites (N-methyl/N-ethyl adjacent to an activating group) is 1. The van der Waals surface area contributed by atoms with Crippen molar-refractivity contribution in [1.82, 2.24) is 9.21 Å². The zero-order valence-corrected chi connectivity index (χ0v) is 20.1. The maximum atomic E-state index is 13.4. The molecule has 1 heterocycles. The Kier molecular flexibility index (Phi) is 8.52. The molecule has 0 aromatic heterocycles. The number of benzene rings is 1. The molecule has 1 amide bonds. The lowest BCUT2D eigenvalue weighted by Gasteiger charge is -2.37. The normalized spacial score (nSPS) is 21.7. The van der Waals surface area contributed by atoms with Crippen LogP contribution in [0.15, 0.2) is 23.1 Å².